The fourth-order valence-electron chi connectivity index (χ4n) is 2.76. The number of nitrogens with one attached hydrogen (secondary N) is 1. The Balaban J connectivity index is 1.85. The van der Waals surface area contributed by atoms with E-state index >= 15 is 0 Å². The molecular weight excluding hydrogens is 392 g/mol. The van der Waals surface area contributed by atoms with Crippen molar-refractivity contribution in [1.29, 1.82) is 0 Å². The van der Waals surface area contributed by atoms with E-state index in [2.05, 4.69) is 10.5 Å². The fraction of sp³-hybridized carbons (Fsp3) is 0.235. The summed E-state index contributed by atoms with van der Waals surface area (Å²) in [5, 5.41) is 15.9. The maximum atomic E-state index is 12.6. The minimum absolute atomic E-state index is 0.0960. The summed E-state index contributed by atoms with van der Waals surface area (Å²) in [5.41, 5.74) is 3.03. The highest BCUT2D eigenvalue weighted by molar-refractivity contribution is 7.89. The molecule has 10 heteroatoms. The number of hydrazone groups is 1. The summed E-state index contributed by atoms with van der Waals surface area (Å²) in [6.45, 7) is 0.861. The lowest BCUT2D eigenvalue weighted by Gasteiger charge is -2.15. The summed E-state index contributed by atoms with van der Waals surface area (Å²) in [4.78, 5) is 10.7. The zero-order valence-corrected chi connectivity index (χ0v) is 15.8. The van der Waals surface area contributed by atoms with Gasteiger partial charge in [0, 0.05) is 24.2 Å². The van der Waals surface area contributed by atoms with E-state index in [1.807, 2.05) is 0 Å². The van der Waals surface area contributed by atoms with Crippen LogP contribution in [0.25, 0.3) is 0 Å². The maximum Gasteiger partial charge on any atom is 0.295 e. The van der Waals surface area contributed by atoms with Gasteiger partial charge in [0.25, 0.3) is 5.69 Å². The van der Waals surface area contributed by atoms with Gasteiger partial charge in [-0.2, -0.15) is 9.41 Å². The van der Waals surface area contributed by atoms with Crippen LogP contribution in [0, 0.1) is 10.1 Å². The van der Waals surface area contributed by atoms with Crippen LogP contribution in [0.1, 0.15) is 18.4 Å². The molecule has 3 rings (SSSR count). The number of anilines is 1. The van der Waals surface area contributed by atoms with Crippen LogP contribution in [0.5, 0.6) is 0 Å². The van der Waals surface area contributed by atoms with E-state index in [1.165, 1.54) is 22.7 Å². The van der Waals surface area contributed by atoms with Crippen LogP contribution in [-0.2, 0) is 10.0 Å². The first-order valence-electron chi connectivity index (χ1n) is 8.21. The second-order valence-corrected chi connectivity index (χ2v) is 8.35. The lowest BCUT2D eigenvalue weighted by molar-refractivity contribution is -0.384. The van der Waals surface area contributed by atoms with Gasteiger partial charge in [0.15, 0.2) is 0 Å². The van der Waals surface area contributed by atoms with Crippen LogP contribution in [-0.4, -0.2) is 37.0 Å². The summed E-state index contributed by atoms with van der Waals surface area (Å²) >= 11 is 5.89. The van der Waals surface area contributed by atoms with Gasteiger partial charge in [0.05, 0.1) is 16.0 Å². The second kappa shape index (κ2) is 8.03. The Bertz CT molecular complexity index is 988. The molecule has 2 aromatic rings. The van der Waals surface area contributed by atoms with E-state index in [0.29, 0.717) is 23.7 Å². The van der Waals surface area contributed by atoms with E-state index in [4.69, 9.17) is 11.6 Å². The summed E-state index contributed by atoms with van der Waals surface area (Å²) in [7, 11) is -3.73. The summed E-state index contributed by atoms with van der Waals surface area (Å²) in [5.74, 6) is 0. The van der Waals surface area contributed by atoms with Crippen LogP contribution in [0.15, 0.2) is 52.5 Å². The first-order valence-corrected chi connectivity index (χ1v) is 10.0. The Labute approximate surface area is 161 Å². The molecule has 1 aliphatic rings. The van der Waals surface area contributed by atoms with Gasteiger partial charge in [0.2, 0.25) is 10.0 Å². The molecule has 1 N–H and O–H groups in total. The van der Waals surface area contributed by atoms with Gasteiger partial charge in [-0.1, -0.05) is 23.7 Å². The van der Waals surface area contributed by atoms with Crippen LogP contribution in [0.2, 0.25) is 5.02 Å². The van der Waals surface area contributed by atoms with E-state index in [9.17, 15) is 18.5 Å². The van der Waals surface area contributed by atoms with E-state index in [-0.39, 0.29) is 16.3 Å². The largest absolute Gasteiger partial charge is 0.295 e. The van der Waals surface area contributed by atoms with Gasteiger partial charge in [-0.3, -0.25) is 15.5 Å². The van der Waals surface area contributed by atoms with Crippen molar-refractivity contribution in [2.45, 2.75) is 17.7 Å². The molecule has 142 valence electrons. The minimum atomic E-state index is -3.73. The van der Waals surface area contributed by atoms with Crippen LogP contribution < -0.4 is 5.43 Å². The number of benzene rings is 2. The topological polar surface area (TPSA) is 105 Å². The van der Waals surface area contributed by atoms with E-state index in [0.717, 1.165) is 18.9 Å². The molecule has 0 bridgehead atoms. The van der Waals surface area contributed by atoms with E-state index < -0.39 is 14.9 Å². The molecule has 0 radical (unpaired) electrons. The summed E-state index contributed by atoms with van der Waals surface area (Å²) < 4.78 is 26.5. The number of rotatable bonds is 6. The maximum absolute atomic E-state index is 12.6. The number of hydrogen-bond donors (Lipinski definition) is 1. The predicted molar refractivity (Wildman–Crippen MR) is 104 cm³/mol. The first kappa shape index (κ1) is 19.3. The van der Waals surface area contributed by atoms with E-state index in [1.54, 1.807) is 24.3 Å². The lowest BCUT2D eigenvalue weighted by atomic mass is 10.2. The smallest absolute Gasteiger partial charge is 0.272 e. The molecule has 1 aliphatic heterocycles. The molecular formula is C17H17ClN4O4S. The highest BCUT2D eigenvalue weighted by atomic mass is 35.5. The monoisotopic (exact) mass is 408 g/mol. The van der Waals surface area contributed by atoms with Crippen molar-refractivity contribution in [3.63, 3.8) is 0 Å². The Hall–Kier alpha value is -2.49. The van der Waals surface area contributed by atoms with Gasteiger partial charge in [-0.25, -0.2) is 8.42 Å². The van der Waals surface area contributed by atoms with Crippen LogP contribution >= 0.6 is 11.6 Å². The quantitative estimate of drug-likeness (QED) is 0.447. The molecule has 0 unspecified atom stereocenters. The van der Waals surface area contributed by atoms with Crippen molar-refractivity contribution in [2.75, 3.05) is 18.5 Å². The summed E-state index contributed by atoms with van der Waals surface area (Å²) in [6.07, 6.45) is 3.04. The molecule has 0 amide bonds. The fourth-order valence-corrected chi connectivity index (χ4v) is 4.49. The molecule has 0 atom stereocenters. The highest BCUT2D eigenvalue weighted by Crippen LogP contribution is 2.30. The van der Waals surface area contributed by atoms with Crippen molar-refractivity contribution in [3.05, 3.63) is 63.2 Å². The Morgan fingerprint density at radius 1 is 1.19 bits per heavy atom. The van der Waals surface area contributed by atoms with Gasteiger partial charge in [-0.05, 0) is 42.7 Å². The lowest BCUT2D eigenvalue weighted by Crippen LogP contribution is -2.27. The third-order valence-electron chi connectivity index (χ3n) is 4.12. The molecule has 0 aliphatic carbocycles. The Morgan fingerprint density at radius 2 is 1.93 bits per heavy atom. The highest BCUT2D eigenvalue weighted by Gasteiger charge is 2.29. The minimum Gasteiger partial charge on any atom is -0.272 e. The average Bonchev–Trinajstić information content (AvgIpc) is 3.17. The number of nitro benzene ring substituents is 1. The molecule has 1 heterocycles. The van der Waals surface area contributed by atoms with Crippen molar-refractivity contribution >= 4 is 39.2 Å². The van der Waals surface area contributed by atoms with Gasteiger partial charge in [0.1, 0.15) is 5.69 Å². The number of nitro groups is 1. The number of halogens is 1. The third kappa shape index (κ3) is 4.44. The second-order valence-electron chi connectivity index (χ2n) is 5.97. The van der Waals surface area contributed by atoms with Crippen molar-refractivity contribution in [2.24, 2.45) is 5.10 Å². The van der Waals surface area contributed by atoms with Crippen LogP contribution in [0.4, 0.5) is 11.4 Å². The predicted octanol–water partition coefficient (Wildman–Crippen LogP) is 3.48. The molecule has 0 aromatic heterocycles. The Kier molecular flexibility index (Phi) is 5.73. The summed E-state index contributed by atoms with van der Waals surface area (Å²) in [6, 6.07) is 10.7. The molecule has 1 saturated heterocycles. The molecule has 8 nitrogen and oxygen atoms in total. The number of nitrogens with zero attached hydrogens (tertiary/aromatic N) is 3. The zero-order valence-electron chi connectivity index (χ0n) is 14.2. The van der Waals surface area contributed by atoms with Gasteiger partial charge in [-0.15, -0.1) is 0 Å². The molecule has 0 saturated carbocycles. The van der Waals surface area contributed by atoms with Crippen molar-refractivity contribution in [1.82, 2.24) is 4.31 Å². The third-order valence-corrected chi connectivity index (χ3v) is 6.25. The zero-order chi connectivity index (χ0) is 19.4. The SMILES string of the molecule is O=[N+]([O-])c1cc(S(=O)(=O)N2CCCC2)ccc1N/N=C\c1cccc(Cl)c1. The van der Waals surface area contributed by atoms with Crippen LogP contribution in [0.3, 0.4) is 0 Å². The molecule has 27 heavy (non-hydrogen) atoms. The average molecular weight is 409 g/mol. The molecule has 0 spiro atoms. The molecule has 2 aromatic carbocycles. The van der Waals surface area contributed by atoms with Crippen molar-refractivity contribution in [3.8, 4) is 0 Å². The standard InChI is InChI=1S/C17H17ClN4O4S/c18-14-5-3-4-13(10-14)12-19-20-16-7-6-15(11-17(16)22(23)24)27(25,26)21-8-1-2-9-21/h3-7,10-12,20H,1-2,8-9H2/b19-12-. The van der Waals surface area contributed by atoms with Gasteiger partial charge < -0.3 is 0 Å². The van der Waals surface area contributed by atoms with Gasteiger partial charge >= 0.3 is 0 Å². The Morgan fingerprint density at radius 3 is 2.59 bits per heavy atom. The number of sulfonamides is 1. The normalized spacial score (nSPS) is 15.3. The number of hydrogen-bond acceptors (Lipinski definition) is 6. The first-order chi connectivity index (χ1) is 12.9. The van der Waals surface area contributed by atoms with Crippen molar-refractivity contribution < 1.29 is 13.3 Å². The molecule has 1 fully saturated rings.